The van der Waals surface area contributed by atoms with Crippen molar-refractivity contribution >= 4 is 44.0 Å². The van der Waals surface area contributed by atoms with Crippen molar-refractivity contribution in [3.63, 3.8) is 0 Å². The first-order valence-electron chi connectivity index (χ1n) is 9.47. The summed E-state index contributed by atoms with van der Waals surface area (Å²) in [4.78, 5) is 21.2. The van der Waals surface area contributed by atoms with Gasteiger partial charge >= 0.3 is 5.69 Å². The van der Waals surface area contributed by atoms with Crippen molar-refractivity contribution in [2.75, 3.05) is 16.9 Å². The van der Waals surface area contributed by atoms with E-state index >= 15 is 0 Å². The number of anilines is 4. The normalized spacial score (nSPS) is 11.6. The fraction of sp³-hybridized carbons (Fsp3) is 0.190. The van der Waals surface area contributed by atoms with Crippen LogP contribution in [0, 0.1) is 6.92 Å². The Hall–Kier alpha value is -3.66. The van der Waals surface area contributed by atoms with E-state index in [9.17, 15) is 13.2 Å². The molecule has 2 aromatic carbocycles. The van der Waals surface area contributed by atoms with E-state index < -0.39 is 9.84 Å². The second-order valence-electron chi connectivity index (χ2n) is 7.38. The molecule has 4 aromatic rings. The Morgan fingerprint density at radius 3 is 2.39 bits per heavy atom. The summed E-state index contributed by atoms with van der Waals surface area (Å²) in [7, 11) is 0.157. The molecule has 0 radical (unpaired) electrons. The highest BCUT2D eigenvalue weighted by Gasteiger charge is 2.11. The molecule has 10 heteroatoms. The molecule has 2 heterocycles. The molecule has 0 fully saturated rings. The summed E-state index contributed by atoms with van der Waals surface area (Å²) >= 11 is 0. The molecule has 0 saturated heterocycles. The molecule has 0 spiro atoms. The van der Waals surface area contributed by atoms with Gasteiger partial charge in [-0.15, -0.1) is 0 Å². The predicted octanol–water partition coefficient (Wildman–Crippen LogP) is 2.87. The molecule has 4 rings (SSSR count). The SMILES string of the molecule is Cc1cnc(Nc2cccc(S(C)(=O)=O)c2)nc1Nc1ccc2c(c1)n(C)c(=O)n2C. The summed E-state index contributed by atoms with van der Waals surface area (Å²) in [5.74, 6) is 0.920. The number of aryl methyl sites for hydroxylation is 3. The lowest BCUT2D eigenvalue weighted by Gasteiger charge is -2.12. The van der Waals surface area contributed by atoms with E-state index in [-0.39, 0.29) is 10.6 Å². The number of nitrogens with zero attached hydrogens (tertiary/aromatic N) is 4. The first kappa shape index (κ1) is 20.6. The number of nitrogens with one attached hydrogen (secondary N) is 2. The van der Waals surface area contributed by atoms with E-state index in [0.29, 0.717) is 17.5 Å². The minimum Gasteiger partial charge on any atom is -0.340 e. The zero-order valence-electron chi connectivity index (χ0n) is 17.5. The summed E-state index contributed by atoms with van der Waals surface area (Å²) in [6, 6.07) is 12.1. The Morgan fingerprint density at radius 1 is 0.935 bits per heavy atom. The maximum Gasteiger partial charge on any atom is 0.328 e. The Labute approximate surface area is 179 Å². The molecule has 2 aromatic heterocycles. The lowest BCUT2D eigenvalue weighted by atomic mass is 10.2. The van der Waals surface area contributed by atoms with Crippen LogP contribution in [0.15, 0.2) is 58.4 Å². The largest absolute Gasteiger partial charge is 0.340 e. The average molecular weight is 439 g/mol. The van der Waals surface area contributed by atoms with Crippen LogP contribution in [0.5, 0.6) is 0 Å². The molecule has 0 atom stereocenters. The van der Waals surface area contributed by atoms with Crippen LogP contribution in [0.4, 0.5) is 23.1 Å². The van der Waals surface area contributed by atoms with E-state index in [0.717, 1.165) is 28.5 Å². The number of hydrogen-bond donors (Lipinski definition) is 2. The smallest absolute Gasteiger partial charge is 0.328 e. The van der Waals surface area contributed by atoms with E-state index in [1.54, 1.807) is 41.6 Å². The zero-order valence-corrected chi connectivity index (χ0v) is 18.4. The molecule has 0 unspecified atom stereocenters. The highest BCUT2D eigenvalue weighted by molar-refractivity contribution is 7.90. The van der Waals surface area contributed by atoms with E-state index in [2.05, 4.69) is 20.6 Å². The molecule has 31 heavy (non-hydrogen) atoms. The van der Waals surface area contributed by atoms with Gasteiger partial charge < -0.3 is 10.6 Å². The summed E-state index contributed by atoms with van der Waals surface area (Å²) in [5, 5.41) is 6.31. The van der Waals surface area contributed by atoms with E-state index in [1.165, 1.54) is 12.1 Å². The monoisotopic (exact) mass is 438 g/mol. The number of rotatable bonds is 5. The maximum atomic E-state index is 12.2. The van der Waals surface area contributed by atoms with Crippen LogP contribution in [0.1, 0.15) is 5.56 Å². The van der Waals surface area contributed by atoms with Gasteiger partial charge in [0.05, 0.1) is 15.9 Å². The highest BCUT2D eigenvalue weighted by atomic mass is 32.2. The predicted molar refractivity (Wildman–Crippen MR) is 121 cm³/mol. The van der Waals surface area contributed by atoms with Gasteiger partial charge in [-0.1, -0.05) is 6.07 Å². The second kappa shape index (κ2) is 7.55. The van der Waals surface area contributed by atoms with Crippen molar-refractivity contribution in [3.05, 3.63) is 64.7 Å². The van der Waals surface area contributed by atoms with Gasteiger partial charge in [-0.2, -0.15) is 4.98 Å². The van der Waals surface area contributed by atoms with Crippen LogP contribution in [0.2, 0.25) is 0 Å². The van der Waals surface area contributed by atoms with Gasteiger partial charge in [-0.05, 0) is 43.3 Å². The van der Waals surface area contributed by atoms with Crippen molar-refractivity contribution in [2.24, 2.45) is 14.1 Å². The van der Waals surface area contributed by atoms with Gasteiger partial charge in [-0.3, -0.25) is 9.13 Å². The van der Waals surface area contributed by atoms with Crippen molar-refractivity contribution < 1.29 is 8.42 Å². The van der Waals surface area contributed by atoms with Crippen LogP contribution in [0.25, 0.3) is 11.0 Å². The molecular formula is C21H22N6O3S. The second-order valence-corrected chi connectivity index (χ2v) is 9.40. The van der Waals surface area contributed by atoms with Gasteiger partial charge in [0.25, 0.3) is 0 Å². The molecule has 2 N–H and O–H groups in total. The van der Waals surface area contributed by atoms with Crippen LogP contribution >= 0.6 is 0 Å². The molecule has 0 aliphatic heterocycles. The van der Waals surface area contributed by atoms with Crippen LogP contribution in [-0.4, -0.2) is 33.8 Å². The van der Waals surface area contributed by atoms with Crippen molar-refractivity contribution in [3.8, 4) is 0 Å². The van der Waals surface area contributed by atoms with Crippen molar-refractivity contribution in [2.45, 2.75) is 11.8 Å². The standard InChI is InChI=1S/C21H22N6O3S/c1-13-12-22-20(24-14-6-5-7-16(10-14)31(4,29)30)25-19(13)23-15-8-9-17-18(11-15)27(3)21(28)26(17)2/h5-12H,1-4H3,(H2,22,23,24,25). The molecule has 0 bridgehead atoms. The Balaban J connectivity index is 1.64. The topological polar surface area (TPSA) is 111 Å². The third-order valence-electron chi connectivity index (χ3n) is 5.02. The van der Waals surface area contributed by atoms with Gasteiger partial charge in [-0.25, -0.2) is 18.2 Å². The van der Waals surface area contributed by atoms with Crippen LogP contribution in [-0.2, 0) is 23.9 Å². The molecule has 9 nitrogen and oxygen atoms in total. The number of aromatic nitrogens is 4. The van der Waals surface area contributed by atoms with Crippen molar-refractivity contribution in [1.82, 2.24) is 19.1 Å². The summed E-state index contributed by atoms with van der Waals surface area (Å²) in [6.45, 7) is 1.88. The number of fused-ring (bicyclic) bond motifs is 1. The van der Waals surface area contributed by atoms with Gasteiger partial charge in [0, 0.05) is 43.5 Å². The third-order valence-corrected chi connectivity index (χ3v) is 6.14. The maximum absolute atomic E-state index is 12.2. The first-order chi connectivity index (χ1) is 14.6. The van der Waals surface area contributed by atoms with Crippen LogP contribution < -0.4 is 16.3 Å². The van der Waals surface area contributed by atoms with Crippen molar-refractivity contribution in [1.29, 1.82) is 0 Å². The Bertz CT molecular complexity index is 1470. The minimum atomic E-state index is -3.32. The molecular weight excluding hydrogens is 416 g/mol. The Morgan fingerprint density at radius 2 is 1.65 bits per heavy atom. The number of sulfone groups is 1. The van der Waals surface area contributed by atoms with E-state index in [4.69, 9.17) is 0 Å². The fourth-order valence-corrected chi connectivity index (χ4v) is 3.95. The number of imidazole rings is 1. The number of benzene rings is 2. The lowest BCUT2D eigenvalue weighted by molar-refractivity contribution is 0.602. The lowest BCUT2D eigenvalue weighted by Crippen LogP contribution is -2.19. The third kappa shape index (κ3) is 4.02. The first-order valence-corrected chi connectivity index (χ1v) is 11.4. The summed E-state index contributed by atoms with van der Waals surface area (Å²) < 4.78 is 26.8. The van der Waals surface area contributed by atoms with Gasteiger partial charge in [0.1, 0.15) is 5.82 Å². The minimum absolute atomic E-state index is 0.0897. The molecule has 0 amide bonds. The summed E-state index contributed by atoms with van der Waals surface area (Å²) in [5.41, 5.74) is 3.73. The van der Waals surface area contributed by atoms with Gasteiger partial charge in [0.15, 0.2) is 9.84 Å². The quantitative estimate of drug-likeness (QED) is 0.493. The summed E-state index contributed by atoms with van der Waals surface area (Å²) in [6.07, 6.45) is 2.84. The molecule has 160 valence electrons. The molecule has 0 aliphatic carbocycles. The molecule has 0 saturated carbocycles. The zero-order chi connectivity index (χ0) is 22.3. The van der Waals surface area contributed by atoms with E-state index in [1.807, 2.05) is 25.1 Å². The molecule has 0 aliphatic rings. The highest BCUT2D eigenvalue weighted by Crippen LogP contribution is 2.24. The average Bonchev–Trinajstić information content (AvgIpc) is 2.94. The fourth-order valence-electron chi connectivity index (χ4n) is 3.28. The number of hydrogen-bond acceptors (Lipinski definition) is 7. The van der Waals surface area contributed by atoms with Crippen LogP contribution in [0.3, 0.4) is 0 Å². The Kier molecular flexibility index (Phi) is 5.02. The van der Waals surface area contributed by atoms with Gasteiger partial charge in [0.2, 0.25) is 5.95 Å².